The Hall–Kier alpha value is -7.68. The molecule has 0 fully saturated rings. The predicted molar refractivity (Wildman–Crippen MR) is 269 cm³/mol. The maximum absolute atomic E-state index is 2.54. The van der Waals surface area contributed by atoms with Crippen LogP contribution in [0.2, 0.25) is 0 Å². The number of nitrogens with zero attached hydrogens (tertiary/aromatic N) is 2. The molecule has 0 atom stereocenters. The summed E-state index contributed by atoms with van der Waals surface area (Å²) in [6, 6.07) is 80.7. The molecule has 10 aromatic rings. The molecule has 0 unspecified atom stereocenters. The van der Waals surface area contributed by atoms with E-state index in [0.29, 0.717) is 0 Å². The van der Waals surface area contributed by atoms with Gasteiger partial charge in [0, 0.05) is 49.5 Å². The number of fused-ring (bicyclic) bond motifs is 5. The SMILES string of the molecule is Cc1ccc(N(c2ccccc2-c2ccccc2)c2c3ccccc3c(N(c3ccc(C)cc3)c3ccccc3-c3ccccc3)c3cc4c(cc23)-c2ccccc2C4(C)C)cc1. The molecule has 0 spiro atoms. The first-order valence-corrected chi connectivity index (χ1v) is 22.0. The highest BCUT2D eigenvalue weighted by molar-refractivity contribution is 6.25. The first-order chi connectivity index (χ1) is 30.9. The molecule has 1 aliphatic rings. The van der Waals surface area contributed by atoms with Crippen LogP contribution in [-0.2, 0) is 5.41 Å². The van der Waals surface area contributed by atoms with Gasteiger partial charge in [0.05, 0.1) is 22.7 Å². The zero-order chi connectivity index (χ0) is 42.7. The van der Waals surface area contributed by atoms with Gasteiger partial charge in [0.2, 0.25) is 0 Å². The smallest absolute Gasteiger partial charge is 0.0620 e. The Labute approximate surface area is 371 Å². The highest BCUT2D eigenvalue weighted by Gasteiger charge is 2.37. The predicted octanol–water partition coefficient (Wildman–Crippen LogP) is 17.2. The standard InChI is InChI=1S/C61H48N2/c1-41-31-35-45(36-32-41)62(57-29-17-14-23-47(57)43-19-7-5-8-20-43)59-50-26-11-12-27-51(50)60(54-40-56-52(39-53(54)59)49-25-13-16-28-55(49)61(56,3)4)63(46-37-33-42(2)34-38-46)58-30-18-15-24-48(58)44-21-9-6-10-22-44/h5-40H,1-4H3. The summed E-state index contributed by atoms with van der Waals surface area (Å²) >= 11 is 0. The topological polar surface area (TPSA) is 6.48 Å². The van der Waals surface area contributed by atoms with Crippen LogP contribution in [0.15, 0.2) is 218 Å². The largest absolute Gasteiger partial charge is 0.309 e. The van der Waals surface area contributed by atoms with E-state index in [1.54, 1.807) is 0 Å². The Morgan fingerprint density at radius 3 is 1.21 bits per heavy atom. The minimum Gasteiger partial charge on any atom is -0.309 e. The number of anilines is 6. The van der Waals surface area contributed by atoms with Crippen molar-refractivity contribution in [1.29, 1.82) is 0 Å². The van der Waals surface area contributed by atoms with Crippen LogP contribution in [0.3, 0.4) is 0 Å². The van der Waals surface area contributed by atoms with Crippen molar-refractivity contribution in [3.63, 3.8) is 0 Å². The molecule has 0 saturated heterocycles. The third-order valence-corrected chi connectivity index (χ3v) is 13.2. The van der Waals surface area contributed by atoms with E-state index >= 15 is 0 Å². The van der Waals surface area contributed by atoms with Gasteiger partial charge in [0.25, 0.3) is 0 Å². The second kappa shape index (κ2) is 15.3. The number of aryl methyl sites for hydroxylation is 2. The first-order valence-electron chi connectivity index (χ1n) is 22.0. The summed E-state index contributed by atoms with van der Waals surface area (Å²) in [6.07, 6.45) is 0. The number of para-hydroxylation sites is 2. The lowest BCUT2D eigenvalue weighted by molar-refractivity contribution is 0.661. The van der Waals surface area contributed by atoms with Gasteiger partial charge in [-0.3, -0.25) is 0 Å². The molecule has 11 rings (SSSR count). The summed E-state index contributed by atoms with van der Waals surface area (Å²) in [5.41, 5.74) is 19.0. The molecule has 2 nitrogen and oxygen atoms in total. The molecule has 0 radical (unpaired) electrons. The molecule has 0 heterocycles. The van der Waals surface area contributed by atoms with Crippen molar-refractivity contribution in [3.8, 4) is 33.4 Å². The molecular formula is C61H48N2. The van der Waals surface area contributed by atoms with Crippen LogP contribution < -0.4 is 9.80 Å². The van der Waals surface area contributed by atoms with Crippen molar-refractivity contribution in [3.05, 3.63) is 241 Å². The van der Waals surface area contributed by atoms with Gasteiger partial charge < -0.3 is 9.80 Å². The van der Waals surface area contributed by atoms with Crippen molar-refractivity contribution in [2.24, 2.45) is 0 Å². The van der Waals surface area contributed by atoms with Crippen LogP contribution in [0.25, 0.3) is 54.9 Å². The lowest BCUT2D eigenvalue weighted by Gasteiger charge is -2.35. The zero-order valence-corrected chi connectivity index (χ0v) is 36.2. The Morgan fingerprint density at radius 2 is 0.714 bits per heavy atom. The highest BCUT2D eigenvalue weighted by atomic mass is 15.2. The van der Waals surface area contributed by atoms with E-state index in [0.717, 1.165) is 34.1 Å². The molecule has 1 aliphatic carbocycles. The van der Waals surface area contributed by atoms with E-state index in [1.165, 1.54) is 77.2 Å². The fraction of sp³-hybridized carbons (Fsp3) is 0.0820. The van der Waals surface area contributed by atoms with Crippen LogP contribution in [-0.4, -0.2) is 0 Å². The molecule has 63 heavy (non-hydrogen) atoms. The molecule has 0 aromatic heterocycles. The fourth-order valence-electron chi connectivity index (χ4n) is 10.0. The van der Waals surface area contributed by atoms with Gasteiger partial charge in [-0.05, 0) is 95.8 Å². The van der Waals surface area contributed by atoms with Gasteiger partial charge in [-0.25, -0.2) is 0 Å². The van der Waals surface area contributed by atoms with E-state index in [-0.39, 0.29) is 5.41 Å². The highest BCUT2D eigenvalue weighted by Crippen LogP contribution is 2.57. The van der Waals surface area contributed by atoms with Crippen molar-refractivity contribution in [2.45, 2.75) is 33.1 Å². The summed E-state index contributed by atoms with van der Waals surface area (Å²) in [5, 5.41) is 4.73. The first kappa shape index (κ1) is 38.3. The molecule has 302 valence electrons. The number of hydrogen-bond donors (Lipinski definition) is 0. The Bertz CT molecular complexity index is 3310. The van der Waals surface area contributed by atoms with Gasteiger partial charge in [0.1, 0.15) is 0 Å². The number of benzene rings is 10. The van der Waals surface area contributed by atoms with Crippen molar-refractivity contribution < 1.29 is 0 Å². The van der Waals surface area contributed by atoms with Crippen LogP contribution in [0.4, 0.5) is 34.1 Å². The summed E-state index contributed by atoms with van der Waals surface area (Å²) in [4.78, 5) is 5.06. The van der Waals surface area contributed by atoms with E-state index in [4.69, 9.17) is 0 Å². The Morgan fingerprint density at radius 1 is 0.317 bits per heavy atom. The van der Waals surface area contributed by atoms with E-state index in [2.05, 4.69) is 256 Å². The van der Waals surface area contributed by atoms with E-state index < -0.39 is 0 Å². The minimum atomic E-state index is -0.212. The van der Waals surface area contributed by atoms with Gasteiger partial charge in [-0.2, -0.15) is 0 Å². The molecule has 0 N–H and O–H groups in total. The van der Waals surface area contributed by atoms with Crippen molar-refractivity contribution in [2.75, 3.05) is 9.80 Å². The Balaban J connectivity index is 1.33. The monoisotopic (exact) mass is 808 g/mol. The molecular weight excluding hydrogens is 761 g/mol. The summed E-state index contributed by atoms with van der Waals surface area (Å²) in [6.45, 7) is 9.12. The van der Waals surface area contributed by atoms with Crippen LogP contribution in [0.5, 0.6) is 0 Å². The second-order valence-corrected chi connectivity index (χ2v) is 17.5. The average Bonchev–Trinajstić information content (AvgIpc) is 3.55. The maximum Gasteiger partial charge on any atom is 0.0620 e. The third-order valence-electron chi connectivity index (χ3n) is 13.2. The van der Waals surface area contributed by atoms with Crippen molar-refractivity contribution >= 4 is 55.7 Å². The van der Waals surface area contributed by atoms with Gasteiger partial charge in [-0.15, -0.1) is 0 Å². The van der Waals surface area contributed by atoms with Gasteiger partial charge >= 0.3 is 0 Å². The summed E-state index contributed by atoms with van der Waals surface area (Å²) in [7, 11) is 0. The van der Waals surface area contributed by atoms with E-state index in [9.17, 15) is 0 Å². The van der Waals surface area contributed by atoms with Gasteiger partial charge in [-0.1, -0.05) is 195 Å². The van der Waals surface area contributed by atoms with Gasteiger partial charge in [0.15, 0.2) is 0 Å². The molecule has 0 bridgehead atoms. The molecule has 0 saturated carbocycles. The van der Waals surface area contributed by atoms with Crippen LogP contribution >= 0.6 is 0 Å². The van der Waals surface area contributed by atoms with Crippen molar-refractivity contribution in [1.82, 2.24) is 0 Å². The summed E-state index contributed by atoms with van der Waals surface area (Å²) < 4.78 is 0. The molecule has 0 amide bonds. The number of rotatable bonds is 8. The molecule has 10 aromatic carbocycles. The zero-order valence-electron chi connectivity index (χ0n) is 36.2. The second-order valence-electron chi connectivity index (χ2n) is 17.5. The Kier molecular flexibility index (Phi) is 9.32. The summed E-state index contributed by atoms with van der Waals surface area (Å²) in [5.74, 6) is 0. The minimum absolute atomic E-state index is 0.212. The number of hydrogen-bond acceptors (Lipinski definition) is 2. The van der Waals surface area contributed by atoms with E-state index in [1.807, 2.05) is 0 Å². The average molecular weight is 809 g/mol. The van der Waals surface area contributed by atoms with Crippen LogP contribution in [0.1, 0.15) is 36.1 Å². The lowest BCUT2D eigenvalue weighted by atomic mass is 9.81. The quantitative estimate of drug-likeness (QED) is 0.111. The lowest BCUT2D eigenvalue weighted by Crippen LogP contribution is -2.17. The third kappa shape index (κ3) is 6.41. The molecule has 0 aliphatic heterocycles. The molecule has 2 heteroatoms. The normalized spacial score (nSPS) is 12.6. The fourth-order valence-corrected chi connectivity index (χ4v) is 10.0. The maximum atomic E-state index is 2.54. The van der Waals surface area contributed by atoms with Crippen LogP contribution in [0, 0.1) is 13.8 Å².